The van der Waals surface area contributed by atoms with Gasteiger partial charge in [0.1, 0.15) is 0 Å². The van der Waals surface area contributed by atoms with Crippen molar-refractivity contribution in [3.8, 4) is 0 Å². The second-order valence-electron chi connectivity index (χ2n) is 8.90. The van der Waals surface area contributed by atoms with Crippen molar-refractivity contribution in [3.05, 3.63) is 30.4 Å². The minimum atomic E-state index is -5.08. The summed E-state index contributed by atoms with van der Waals surface area (Å²) in [6, 6.07) is 1.86. The molecule has 2 aliphatic heterocycles. The molecule has 2 fully saturated rings. The molecule has 2 aromatic rings. The number of rotatable bonds is 5. The summed E-state index contributed by atoms with van der Waals surface area (Å²) in [5.74, 6) is -4.02. The topological polar surface area (TPSA) is 150 Å². The Labute approximate surface area is 225 Å². The molecule has 224 valence electrons. The maximum absolute atomic E-state index is 10.6. The van der Waals surface area contributed by atoms with Gasteiger partial charge in [-0.3, -0.25) is 9.58 Å². The molecule has 0 radical (unpaired) electrons. The lowest BCUT2D eigenvalue weighted by Gasteiger charge is -2.31. The Bertz CT molecular complexity index is 1010. The van der Waals surface area contributed by atoms with E-state index in [9.17, 15) is 26.3 Å². The van der Waals surface area contributed by atoms with Crippen LogP contribution in [0.4, 0.5) is 32.3 Å². The number of carboxylic acid groups (broad SMARTS) is 2. The standard InChI is InChI=1S/C18H28N8.2C2HF3O2/c1-6-20-18(21-7-1)25-10-3-16(4-11-25)13-26-15-17(22-23-26)14-24-9-2-5-19-8-12-24;2*3-2(4,5)1(6)7/h1,6-7,15-16,19H,2-5,8-14H2;2*(H,6,7). The molecule has 0 saturated carbocycles. The normalized spacial score (nSPS) is 17.1. The van der Waals surface area contributed by atoms with Crippen molar-refractivity contribution < 1.29 is 46.1 Å². The van der Waals surface area contributed by atoms with Crippen LogP contribution in [0.15, 0.2) is 24.7 Å². The third-order valence-corrected chi connectivity index (χ3v) is 5.78. The number of nitrogens with one attached hydrogen (secondary N) is 1. The molecule has 12 nitrogen and oxygen atoms in total. The fraction of sp³-hybridized carbons (Fsp3) is 0.636. The number of alkyl halides is 6. The van der Waals surface area contributed by atoms with Crippen LogP contribution >= 0.6 is 0 Å². The molecule has 0 atom stereocenters. The number of anilines is 1. The van der Waals surface area contributed by atoms with Crippen molar-refractivity contribution in [1.29, 1.82) is 0 Å². The van der Waals surface area contributed by atoms with Crippen LogP contribution in [0.1, 0.15) is 25.0 Å². The predicted molar refractivity (Wildman–Crippen MR) is 127 cm³/mol. The highest BCUT2D eigenvalue weighted by molar-refractivity contribution is 5.73. The highest BCUT2D eigenvalue weighted by Gasteiger charge is 2.38. The zero-order valence-corrected chi connectivity index (χ0v) is 21.3. The minimum absolute atomic E-state index is 0.645. The van der Waals surface area contributed by atoms with E-state index in [1.165, 1.54) is 6.42 Å². The van der Waals surface area contributed by atoms with E-state index >= 15 is 0 Å². The first-order valence-corrected chi connectivity index (χ1v) is 12.2. The van der Waals surface area contributed by atoms with Crippen LogP contribution in [0.5, 0.6) is 0 Å². The van der Waals surface area contributed by atoms with E-state index in [0.717, 1.165) is 76.8 Å². The van der Waals surface area contributed by atoms with Crippen molar-refractivity contribution >= 4 is 17.9 Å². The second kappa shape index (κ2) is 15.3. The first-order chi connectivity index (χ1) is 18.8. The van der Waals surface area contributed by atoms with Gasteiger partial charge in [-0.2, -0.15) is 26.3 Å². The zero-order valence-electron chi connectivity index (χ0n) is 21.3. The number of carbonyl (C=O) groups is 2. The predicted octanol–water partition coefficient (Wildman–Crippen LogP) is 2.05. The number of hydrogen-bond donors (Lipinski definition) is 3. The van der Waals surface area contributed by atoms with Gasteiger partial charge in [-0.25, -0.2) is 19.6 Å². The summed E-state index contributed by atoms with van der Waals surface area (Å²) in [6.07, 6.45) is -0.920. The molecule has 2 aromatic heterocycles. The number of carboxylic acids is 2. The molecule has 0 unspecified atom stereocenters. The molecule has 0 bridgehead atoms. The van der Waals surface area contributed by atoms with Gasteiger partial charge in [0.15, 0.2) is 0 Å². The van der Waals surface area contributed by atoms with E-state index in [4.69, 9.17) is 19.8 Å². The maximum atomic E-state index is 10.6. The molecule has 40 heavy (non-hydrogen) atoms. The number of aliphatic carboxylic acids is 2. The monoisotopic (exact) mass is 584 g/mol. The molecular weight excluding hydrogens is 554 g/mol. The lowest BCUT2D eigenvalue weighted by molar-refractivity contribution is -0.193. The van der Waals surface area contributed by atoms with Crippen LogP contribution in [-0.4, -0.2) is 104 Å². The average Bonchev–Trinajstić information content (AvgIpc) is 3.16. The molecular formula is C22H30F6N8O4. The molecule has 18 heteroatoms. The molecule has 0 aromatic carbocycles. The molecule has 3 N–H and O–H groups in total. The third-order valence-electron chi connectivity index (χ3n) is 5.78. The maximum Gasteiger partial charge on any atom is 0.490 e. The molecule has 0 amide bonds. The van der Waals surface area contributed by atoms with E-state index in [0.29, 0.717) is 5.92 Å². The Hall–Kier alpha value is -3.54. The first kappa shape index (κ1) is 32.7. The lowest BCUT2D eigenvalue weighted by atomic mass is 9.97. The zero-order chi connectivity index (χ0) is 29.8. The van der Waals surface area contributed by atoms with Crippen LogP contribution in [0, 0.1) is 5.92 Å². The summed E-state index contributed by atoms with van der Waals surface area (Å²) in [4.78, 5) is 31.2. The Morgan fingerprint density at radius 2 is 1.50 bits per heavy atom. The van der Waals surface area contributed by atoms with Gasteiger partial charge < -0.3 is 20.4 Å². The lowest BCUT2D eigenvalue weighted by Crippen LogP contribution is -2.36. The average molecular weight is 585 g/mol. The van der Waals surface area contributed by atoms with E-state index in [2.05, 4.69) is 41.6 Å². The van der Waals surface area contributed by atoms with Crippen LogP contribution in [0.2, 0.25) is 0 Å². The number of halogens is 6. The SMILES string of the molecule is O=C(O)C(F)(F)F.O=C(O)C(F)(F)F.c1cnc(N2CCC(Cn3cc(CN4CCCNCC4)nn3)CC2)nc1. The molecule has 4 rings (SSSR count). The minimum Gasteiger partial charge on any atom is -0.475 e. The van der Waals surface area contributed by atoms with Gasteiger partial charge in [-0.1, -0.05) is 5.21 Å². The van der Waals surface area contributed by atoms with Crippen LogP contribution in [0.25, 0.3) is 0 Å². The molecule has 4 heterocycles. The largest absolute Gasteiger partial charge is 0.490 e. The quantitative estimate of drug-likeness (QED) is 0.443. The van der Waals surface area contributed by atoms with Gasteiger partial charge in [0.2, 0.25) is 5.95 Å². The van der Waals surface area contributed by atoms with Gasteiger partial charge in [-0.05, 0) is 44.3 Å². The second-order valence-corrected chi connectivity index (χ2v) is 8.90. The first-order valence-electron chi connectivity index (χ1n) is 12.2. The van der Waals surface area contributed by atoms with E-state index in [-0.39, 0.29) is 0 Å². The Morgan fingerprint density at radius 3 is 2.05 bits per heavy atom. The smallest absolute Gasteiger partial charge is 0.475 e. The third kappa shape index (κ3) is 12.1. The summed E-state index contributed by atoms with van der Waals surface area (Å²) in [5, 5.41) is 26.4. The number of hydrogen-bond acceptors (Lipinski definition) is 9. The molecule has 2 aliphatic rings. The highest BCUT2D eigenvalue weighted by Crippen LogP contribution is 2.21. The Kier molecular flexibility index (Phi) is 12.5. The van der Waals surface area contributed by atoms with Gasteiger partial charge in [0, 0.05) is 57.9 Å². The summed E-state index contributed by atoms with van der Waals surface area (Å²) in [6.45, 7) is 8.30. The summed E-state index contributed by atoms with van der Waals surface area (Å²) < 4.78 is 65.5. The molecule has 0 spiro atoms. The Morgan fingerprint density at radius 1 is 0.925 bits per heavy atom. The van der Waals surface area contributed by atoms with Gasteiger partial charge in [-0.15, -0.1) is 5.10 Å². The van der Waals surface area contributed by atoms with Gasteiger partial charge in [0.05, 0.1) is 5.69 Å². The summed E-state index contributed by atoms with van der Waals surface area (Å²) in [7, 11) is 0. The van der Waals surface area contributed by atoms with Crippen LogP contribution in [0.3, 0.4) is 0 Å². The Balaban J connectivity index is 0.000000333. The number of aromatic nitrogens is 5. The van der Waals surface area contributed by atoms with Gasteiger partial charge >= 0.3 is 24.3 Å². The highest BCUT2D eigenvalue weighted by atomic mass is 19.4. The van der Waals surface area contributed by atoms with E-state index in [1.54, 1.807) is 0 Å². The van der Waals surface area contributed by atoms with E-state index in [1.807, 2.05) is 23.1 Å². The number of piperidine rings is 1. The van der Waals surface area contributed by atoms with Crippen molar-refractivity contribution in [1.82, 2.24) is 35.2 Å². The van der Waals surface area contributed by atoms with E-state index < -0.39 is 24.3 Å². The van der Waals surface area contributed by atoms with Crippen LogP contribution < -0.4 is 10.2 Å². The van der Waals surface area contributed by atoms with Crippen molar-refractivity contribution in [2.45, 2.75) is 44.7 Å². The van der Waals surface area contributed by atoms with Crippen molar-refractivity contribution in [3.63, 3.8) is 0 Å². The van der Waals surface area contributed by atoms with Crippen LogP contribution in [-0.2, 0) is 22.7 Å². The molecule has 0 aliphatic carbocycles. The summed E-state index contributed by atoms with van der Waals surface area (Å²) >= 11 is 0. The fourth-order valence-corrected chi connectivity index (χ4v) is 3.82. The fourth-order valence-electron chi connectivity index (χ4n) is 3.82. The molecule has 2 saturated heterocycles. The van der Waals surface area contributed by atoms with Gasteiger partial charge in [0.25, 0.3) is 0 Å². The number of nitrogens with zero attached hydrogens (tertiary/aromatic N) is 7. The van der Waals surface area contributed by atoms with Crippen molar-refractivity contribution in [2.24, 2.45) is 5.92 Å². The summed E-state index contributed by atoms with van der Waals surface area (Å²) in [5.41, 5.74) is 1.09. The van der Waals surface area contributed by atoms with Crippen molar-refractivity contribution in [2.75, 3.05) is 44.2 Å².